The minimum atomic E-state index is -0.321. The Morgan fingerprint density at radius 1 is 1.47 bits per heavy atom. The van der Waals surface area contributed by atoms with Crippen LogP contribution in [0.2, 0.25) is 0 Å². The summed E-state index contributed by atoms with van der Waals surface area (Å²) in [6.07, 6.45) is -0.126. The van der Waals surface area contributed by atoms with E-state index in [0.29, 0.717) is 4.90 Å². The van der Waals surface area contributed by atoms with Gasteiger partial charge in [0.25, 0.3) is 0 Å². The molecule has 1 aromatic rings. The lowest BCUT2D eigenvalue weighted by Gasteiger charge is -2.07. The molecule has 1 rings (SSSR count). The van der Waals surface area contributed by atoms with Gasteiger partial charge in [-0.25, -0.2) is 4.39 Å². The number of esters is 1. The van der Waals surface area contributed by atoms with Gasteiger partial charge >= 0.3 is 5.97 Å². The third-order valence-corrected chi connectivity index (χ3v) is 2.57. The lowest BCUT2D eigenvalue weighted by atomic mass is 10.3. The van der Waals surface area contributed by atoms with Gasteiger partial charge in [-0.05, 0) is 26.0 Å². The van der Waals surface area contributed by atoms with Gasteiger partial charge in [0.15, 0.2) is 0 Å². The summed E-state index contributed by atoms with van der Waals surface area (Å²) in [5.74, 6) is -0.489. The normalized spacial score (nSPS) is 10.4. The Kier molecular flexibility index (Phi) is 4.62. The molecule has 0 aliphatic heterocycles. The van der Waals surface area contributed by atoms with Crippen LogP contribution in [0.4, 0.5) is 4.39 Å². The number of hydrogen-bond donors (Lipinski definition) is 0. The zero-order valence-electron chi connectivity index (χ0n) is 8.70. The Labute approximate surface area is 92.8 Å². The Bertz CT molecular complexity index is 339. The minimum Gasteiger partial charge on any atom is -0.462 e. The fourth-order valence-corrected chi connectivity index (χ4v) is 1.72. The van der Waals surface area contributed by atoms with E-state index in [1.165, 1.54) is 6.07 Å². The molecule has 0 aliphatic rings. The summed E-state index contributed by atoms with van der Waals surface area (Å²) in [5.41, 5.74) is 0. The summed E-state index contributed by atoms with van der Waals surface area (Å²) < 4.78 is 18.1. The van der Waals surface area contributed by atoms with Crippen LogP contribution in [-0.2, 0) is 9.53 Å². The number of carbonyl (C=O) groups is 1. The number of rotatable bonds is 4. The number of benzene rings is 1. The molecule has 0 saturated heterocycles. The predicted molar refractivity (Wildman–Crippen MR) is 58.4 cm³/mol. The Morgan fingerprint density at radius 3 is 2.73 bits per heavy atom. The highest BCUT2D eigenvalue weighted by atomic mass is 32.2. The zero-order chi connectivity index (χ0) is 11.3. The second-order valence-electron chi connectivity index (χ2n) is 3.26. The molecule has 82 valence electrons. The van der Waals surface area contributed by atoms with Gasteiger partial charge in [0.2, 0.25) is 0 Å². The number of hydrogen-bond acceptors (Lipinski definition) is 3. The van der Waals surface area contributed by atoms with E-state index in [1.54, 1.807) is 32.0 Å². The standard InChI is InChI=1S/C11H13FO2S/c1-8(2)14-11(13)7-15-10-6-4-3-5-9(10)12/h3-6,8H,7H2,1-2H3. The first-order valence-corrected chi connectivity index (χ1v) is 5.65. The number of thioether (sulfide) groups is 1. The van der Waals surface area contributed by atoms with Crippen molar-refractivity contribution >= 4 is 17.7 Å². The van der Waals surface area contributed by atoms with Crippen LogP contribution in [0.15, 0.2) is 29.2 Å². The molecule has 15 heavy (non-hydrogen) atoms. The van der Waals surface area contributed by atoms with Crippen molar-refractivity contribution < 1.29 is 13.9 Å². The van der Waals surface area contributed by atoms with Crippen LogP contribution >= 0.6 is 11.8 Å². The maximum Gasteiger partial charge on any atom is 0.316 e. The molecule has 0 N–H and O–H groups in total. The number of carbonyl (C=O) groups excluding carboxylic acids is 1. The fraction of sp³-hybridized carbons (Fsp3) is 0.364. The van der Waals surface area contributed by atoms with Crippen LogP contribution in [0.25, 0.3) is 0 Å². The van der Waals surface area contributed by atoms with Gasteiger partial charge in [0, 0.05) is 4.90 Å². The van der Waals surface area contributed by atoms with Crippen LogP contribution in [0.1, 0.15) is 13.8 Å². The van der Waals surface area contributed by atoms with Crippen LogP contribution in [0.3, 0.4) is 0 Å². The second-order valence-corrected chi connectivity index (χ2v) is 4.27. The third-order valence-electron chi connectivity index (χ3n) is 1.55. The number of halogens is 1. The van der Waals surface area contributed by atoms with Crippen molar-refractivity contribution in [3.63, 3.8) is 0 Å². The second kappa shape index (κ2) is 5.75. The number of ether oxygens (including phenoxy) is 1. The first kappa shape index (κ1) is 12.0. The molecule has 2 nitrogen and oxygen atoms in total. The average Bonchev–Trinajstić information content (AvgIpc) is 2.15. The monoisotopic (exact) mass is 228 g/mol. The summed E-state index contributed by atoms with van der Waals surface area (Å²) in [6.45, 7) is 3.57. The lowest BCUT2D eigenvalue weighted by Crippen LogP contribution is -2.13. The highest BCUT2D eigenvalue weighted by molar-refractivity contribution is 8.00. The molecular formula is C11H13FO2S. The predicted octanol–water partition coefficient (Wildman–Crippen LogP) is 2.87. The van der Waals surface area contributed by atoms with Crippen molar-refractivity contribution in [1.29, 1.82) is 0 Å². The molecule has 0 bridgehead atoms. The SMILES string of the molecule is CC(C)OC(=O)CSc1ccccc1F. The summed E-state index contributed by atoms with van der Waals surface area (Å²) in [4.78, 5) is 11.6. The van der Waals surface area contributed by atoms with Crippen LogP contribution in [0.5, 0.6) is 0 Å². The van der Waals surface area contributed by atoms with Gasteiger partial charge in [-0.3, -0.25) is 4.79 Å². The lowest BCUT2D eigenvalue weighted by molar-refractivity contribution is -0.144. The van der Waals surface area contributed by atoms with Gasteiger partial charge in [-0.2, -0.15) is 0 Å². The third kappa shape index (κ3) is 4.34. The molecule has 0 aromatic heterocycles. The van der Waals surface area contributed by atoms with Crippen LogP contribution < -0.4 is 0 Å². The van der Waals surface area contributed by atoms with E-state index in [1.807, 2.05) is 0 Å². The summed E-state index contributed by atoms with van der Waals surface area (Å²) in [6, 6.07) is 6.36. The van der Waals surface area contributed by atoms with Crippen molar-refractivity contribution in [2.45, 2.75) is 24.8 Å². The van der Waals surface area contributed by atoms with Crippen LogP contribution in [0, 0.1) is 5.82 Å². The van der Waals surface area contributed by atoms with E-state index in [9.17, 15) is 9.18 Å². The van der Waals surface area contributed by atoms with Gasteiger partial charge in [-0.15, -0.1) is 11.8 Å². The maximum absolute atomic E-state index is 13.1. The van der Waals surface area contributed by atoms with Gasteiger partial charge in [0.05, 0.1) is 11.9 Å². The molecule has 0 atom stereocenters. The quantitative estimate of drug-likeness (QED) is 0.585. The van der Waals surface area contributed by atoms with Gasteiger partial charge in [0.1, 0.15) is 5.82 Å². The topological polar surface area (TPSA) is 26.3 Å². The molecule has 0 unspecified atom stereocenters. The Balaban J connectivity index is 2.44. The van der Waals surface area contributed by atoms with E-state index in [-0.39, 0.29) is 23.6 Å². The fourth-order valence-electron chi connectivity index (χ4n) is 0.995. The molecule has 0 aliphatic carbocycles. The van der Waals surface area contributed by atoms with E-state index in [4.69, 9.17) is 4.74 Å². The summed E-state index contributed by atoms with van der Waals surface area (Å²) >= 11 is 1.15. The van der Waals surface area contributed by atoms with Crippen molar-refractivity contribution in [3.8, 4) is 0 Å². The highest BCUT2D eigenvalue weighted by Gasteiger charge is 2.08. The molecule has 1 aromatic carbocycles. The zero-order valence-corrected chi connectivity index (χ0v) is 9.51. The van der Waals surface area contributed by atoms with Crippen molar-refractivity contribution in [3.05, 3.63) is 30.1 Å². The van der Waals surface area contributed by atoms with Crippen molar-refractivity contribution in [1.82, 2.24) is 0 Å². The largest absolute Gasteiger partial charge is 0.462 e. The molecule has 0 saturated carbocycles. The Morgan fingerprint density at radius 2 is 2.13 bits per heavy atom. The summed E-state index contributed by atoms with van der Waals surface area (Å²) in [5, 5.41) is 0. The highest BCUT2D eigenvalue weighted by Crippen LogP contribution is 2.21. The summed E-state index contributed by atoms with van der Waals surface area (Å²) in [7, 11) is 0. The van der Waals surface area contributed by atoms with E-state index >= 15 is 0 Å². The molecule has 0 radical (unpaired) electrons. The van der Waals surface area contributed by atoms with Crippen molar-refractivity contribution in [2.75, 3.05) is 5.75 Å². The molecule has 0 amide bonds. The molecule has 0 heterocycles. The van der Waals surface area contributed by atoms with E-state index < -0.39 is 0 Å². The molecule has 0 fully saturated rings. The average molecular weight is 228 g/mol. The minimum absolute atomic E-state index is 0.126. The van der Waals surface area contributed by atoms with E-state index in [2.05, 4.69) is 0 Å². The van der Waals surface area contributed by atoms with Crippen molar-refractivity contribution in [2.24, 2.45) is 0 Å². The van der Waals surface area contributed by atoms with Crippen LogP contribution in [-0.4, -0.2) is 17.8 Å². The first-order valence-electron chi connectivity index (χ1n) is 4.66. The van der Waals surface area contributed by atoms with E-state index in [0.717, 1.165) is 11.8 Å². The first-order chi connectivity index (χ1) is 7.09. The molecular weight excluding hydrogens is 215 g/mol. The van der Waals surface area contributed by atoms with Gasteiger partial charge < -0.3 is 4.74 Å². The molecule has 4 heteroatoms. The molecule has 0 spiro atoms. The maximum atomic E-state index is 13.1. The smallest absolute Gasteiger partial charge is 0.316 e. The van der Waals surface area contributed by atoms with Gasteiger partial charge in [-0.1, -0.05) is 12.1 Å². The Hall–Kier alpha value is -1.03.